The van der Waals surface area contributed by atoms with Crippen molar-refractivity contribution in [3.05, 3.63) is 0 Å². The van der Waals surface area contributed by atoms with Gasteiger partial charge in [-0.3, -0.25) is 0 Å². The Balaban J connectivity index is 3.45. The zero-order valence-corrected chi connectivity index (χ0v) is 8.95. The molecule has 0 aliphatic heterocycles. The van der Waals surface area contributed by atoms with E-state index in [1.807, 2.05) is 0 Å². The number of sulfonamides is 1. The van der Waals surface area contributed by atoms with Crippen LogP contribution in [0.15, 0.2) is 0 Å². The van der Waals surface area contributed by atoms with Gasteiger partial charge in [0.25, 0.3) is 0 Å². The molecular formula is C8H19NO2S. The summed E-state index contributed by atoms with van der Waals surface area (Å²) in [4.78, 5) is 0. The zero-order chi connectivity index (χ0) is 9.61. The molecule has 74 valence electrons. The lowest BCUT2D eigenvalue weighted by atomic mass is 10.1. The molecule has 0 bridgehead atoms. The van der Waals surface area contributed by atoms with Gasteiger partial charge < -0.3 is 0 Å². The molecule has 0 aromatic rings. The summed E-state index contributed by atoms with van der Waals surface area (Å²) in [6.45, 7) is 4.29. The first kappa shape index (κ1) is 11.9. The predicted molar refractivity (Wildman–Crippen MR) is 51.5 cm³/mol. The molecule has 0 aromatic carbocycles. The van der Waals surface area contributed by atoms with E-state index in [1.165, 1.54) is 7.05 Å². The Morgan fingerprint density at radius 1 is 1.25 bits per heavy atom. The molecule has 3 nitrogen and oxygen atoms in total. The fourth-order valence-corrected chi connectivity index (χ4v) is 1.74. The van der Waals surface area contributed by atoms with Gasteiger partial charge in [0.1, 0.15) is 0 Å². The minimum atomic E-state index is -2.97. The molecule has 0 rings (SSSR count). The largest absolute Gasteiger partial charge is 0.218 e. The smallest absolute Gasteiger partial charge is 0.211 e. The lowest BCUT2D eigenvalue weighted by Crippen LogP contribution is -2.21. The van der Waals surface area contributed by atoms with Crippen molar-refractivity contribution >= 4 is 10.0 Å². The van der Waals surface area contributed by atoms with Crippen LogP contribution in [0.25, 0.3) is 0 Å². The van der Waals surface area contributed by atoms with E-state index in [9.17, 15) is 8.42 Å². The Hall–Kier alpha value is -0.0900. The van der Waals surface area contributed by atoms with Crippen LogP contribution in [0.1, 0.15) is 33.1 Å². The summed E-state index contributed by atoms with van der Waals surface area (Å²) in [6.07, 6.45) is 2.87. The highest BCUT2D eigenvalue weighted by molar-refractivity contribution is 7.89. The van der Waals surface area contributed by atoms with E-state index in [-0.39, 0.29) is 5.75 Å². The van der Waals surface area contributed by atoms with Crippen LogP contribution in [-0.4, -0.2) is 21.2 Å². The third-order valence-corrected chi connectivity index (χ3v) is 3.20. The Morgan fingerprint density at radius 3 is 2.25 bits per heavy atom. The van der Waals surface area contributed by atoms with E-state index in [4.69, 9.17) is 0 Å². The third-order valence-electron chi connectivity index (χ3n) is 1.76. The normalized spacial score (nSPS) is 12.3. The van der Waals surface area contributed by atoms with Gasteiger partial charge in [-0.2, -0.15) is 0 Å². The standard InChI is InChI=1S/C8H19NO2S/c1-8(2)6-4-5-7-12(10,11)9-3/h8-9H,4-7H2,1-3H3. The molecular weight excluding hydrogens is 174 g/mol. The van der Waals surface area contributed by atoms with Crippen LogP contribution < -0.4 is 4.72 Å². The molecule has 0 spiro atoms. The molecule has 0 fully saturated rings. The van der Waals surface area contributed by atoms with Gasteiger partial charge in [-0.05, 0) is 19.4 Å². The van der Waals surface area contributed by atoms with Gasteiger partial charge in [-0.1, -0.05) is 26.7 Å². The molecule has 0 aromatic heterocycles. The molecule has 12 heavy (non-hydrogen) atoms. The van der Waals surface area contributed by atoms with Gasteiger partial charge in [0, 0.05) is 0 Å². The number of hydrogen-bond donors (Lipinski definition) is 1. The van der Waals surface area contributed by atoms with Crippen LogP contribution in [0, 0.1) is 5.92 Å². The summed E-state index contributed by atoms with van der Waals surface area (Å²) < 4.78 is 24.2. The van der Waals surface area contributed by atoms with Crippen LogP contribution in [0.5, 0.6) is 0 Å². The van der Waals surface area contributed by atoms with Crippen molar-refractivity contribution < 1.29 is 8.42 Å². The van der Waals surface area contributed by atoms with Crippen LogP contribution in [0.4, 0.5) is 0 Å². The maximum absolute atomic E-state index is 10.9. The molecule has 0 atom stereocenters. The van der Waals surface area contributed by atoms with Gasteiger partial charge in [-0.15, -0.1) is 0 Å². The first-order valence-corrected chi connectivity index (χ1v) is 6.04. The average Bonchev–Trinajstić information content (AvgIpc) is 1.98. The second-order valence-corrected chi connectivity index (χ2v) is 5.46. The monoisotopic (exact) mass is 193 g/mol. The van der Waals surface area contributed by atoms with Crippen LogP contribution in [0.2, 0.25) is 0 Å². The third kappa shape index (κ3) is 6.61. The molecule has 0 heterocycles. The number of nitrogens with one attached hydrogen (secondary N) is 1. The summed E-state index contributed by atoms with van der Waals surface area (Å²) in [5.74, 6) is 0.929. The van der Waals surface area contributed by atoms with Gasteiger partial charge in [0.05, 0.1) is 5.75 Å². The van der Waals surface area contributed by atoms with E-state index in [0.29, 0.717) is 5.92 Å². The summed E-state index contributed by atoms with van der Waals surface area (Å²) in [5, 5.41) is 0. The SMILES string of the molecule is CNS(=O)(=O)CCCCC(C)C. The van der Waals surface area contributed by atoms with Crippen molar-refractivity contribution in [3.63, 3.8) is 0 Å². The Morgan fingerprint density at radius 2 is 1.83 bits per heavy atom. The zero-order valence-electron chi connectivity index (χ0n) is 8.13. The first-order chi connectivity index (χ1) is 5.48. The van der Waals surface area contributed by atoms with Crippen molar-refractivity contribution in [2.75, 3.05) is 12.8 Å². The summed E-state index contributed by atoms with van der Waals surface area (Å²) in [5.41, 5.74) is 0. The van der Waals surface area contributed by atoms with Gasteiger partial charge >= 0.3 is 0 Å². The fraction of sp³-hybridized carbons (Fsp3) is 1.00. The van der Waals surface area contributed by atoms with Crippen molar-refractivity contribution in [2.24, 2.45) is 5.92 Å². The molecule has 4 heteroatoms. The molecule has 0 radical (unpaired) electrons. The van der Waals surface area contributed by atoms with Gasteiger partial charge in [0.2, 0.25) is 10.0 Å². The minimum Gasteiger partial charge on any atom is -0.218 e. The summed E-state index contributed by atoms with van der Waals surface area (Å²) in [7, 11) is -1.51. The highest BCUT2D eigenvalue weighted by Crippen LogP contribution is 2.06. The van der Waals surface area contributed by atoms with E-state index in [0.717, 1.165) is 19.3 Å². The molecule has 0 aliphatic rings. The highest BCUT2D eigenvalue weighted by Gasteiger charge is 2.05. The minimum absolute atomic E-state index is 0.260. The maximum Gasteiger partial charge on any atom is 0.211 e. The molecule has 0 unspecified atom stereocenters. The summed E-state index contributed by atoms with van der Waals surface area (Å²) in [6, 6.07) is 0. The average molecular weight is 193 g/mol. The molecule has 0 saturated heterocycles. The Bertz CT molecular complexity index is 197. The van der Waals surface area contributed by atoms with Crippen molar-refractivity contribution in [1.82, 2.24) is 4.72 Å². The lowest BCUT2D eigenvalue weighted by Gasteiger charge is -2.04. The number of rotatable bonds is 6. The topological polar surface area (TPSA) is 46.2 Å². The first-order valence-electron chi connectivity index (χ1n) is 4.39. The quantitative estimate of drug-likeness (QED) is 0.647. The molecule has 0 aliphatic carbocycles. The van der Waals surface area contributed by atoms with E-state index >= 15 is 0 Å². The van der Waals surface area contributed by atoms with Crippen LogP contribution >= 0.6 is 0 Å². The van der Waals surface area contributed by atoms with Crippen LogP contribution in [-0.2, 0) is 10.0 Å². The number of hydrogen-bond acceptors (Lipinski definition) is 2. The van der Waals surface area contributed by atoms with Crippen molar-refractivity contribution in [2.45, 2.75) is 33.1 Å². The van der Waals surface area contributed by atoms with E-state index in [1.54, 1.807) is 0 Å². The molecule has 1 N–H and O–H groups in total. The Kier molecular flexibility index (Phi) is 5.50. The highest BCUT2D eigenvalue weighted by atomic mass is 32.2. The predicted octanol–water partition coefficient (Wildman–Crippen LogP) is 1.36. The molecule has 0 saturated carbocycles. The summed E-state index contributed by atoms with van der Waals surface area (Å²) >= 11 is 0. The van der Waals surface area contributed by atoms with E-state index < -0.39 is 10.0 Å². The fourth-order valence-electron chi connectivity index (χ4n) is 0.947. The van der Waals surface area contributed by atoms with E-state index in [2.05, 4.69) is 18.6 Å². The van der Waals surface area contributed by atoms with Gasteiger partial charge in [-0.25, -0.2) is 13.1 Å². The van der Waals surface area contributed by atoms with Crippen molar-refractivity contribution in [3.8, 4) is 0 Å². The maximum atomic E-state index is 10.9. The van der Waals surface area contributed by atoms with Gasteiger partial charge in [0.15, 0.2) is 0 Å². The molecule has 0 amide bonds. The Labute approximate surface area is 75.6 Å². The second kappa shape index (κ2) is 5.54. The second-order valence-electron chi connectivity index (χ2n) is 3.41. The van der Waals surface area contributed by atoms with Crippen LogP contribution in [0.3, 0.4) is 0 Å². The van der Waals surface area contributed by atoms with Crippen molar-refractivity contribution in [1.29, 1.82) is 0 Å². The number of unbranched alkanes of at least 4 members (excludes halogenated alkanes) is 1. The lowest BCUT2D eigenvalue weighted by molar-refractivity contribution is 0.541.